The number of hydrogen-bond acceptors (Lipinski definition) is 3. The standard InChI is InChI=1S/C15H24N2O3/c1-5-15(6-2,7-3)16-12(18)10-17-9-8-14(4,11-17)13(19)20/h1H,6-11H2,2-4H3,(H,16,18)(H,19,20). The fourth-order valence-electron chi connectivity index (χ4n) is 2.54. The summed E-state index contributed by atoms with van der Waals surface area (Å²) in [7, 11) is 0. The van der Waals surface area contributed by atoms with E-state index in [9.17, 15) is 14.7 Å². The van der Waals surface area contributed by atoms with Crippen molar-refractivity contribution in [1.82, 2.24) is 10.2 Å². The van der Waals surface area contributed by atoms with Crippen LogP contribution in [0.15, 0.2) is 0 Å². The molecule has 1 atom stereocenters. The Morgan fingerprint density at radius 1 is 1.45 bits per heavy atom. The highest BCUT2D eigenvalue weighted by Crippen LogP contribution is 2.29. The molecule has 20 heavy (non-hydrogen) atoms. The Morgan fingerprint density at radius 2 is 2.05 bits per heavy atom. The van der Waals surface area contributed by atoms with E-state index < -0.39 is 16.9 Å². The van der Waals surface area contributed by atoms with Gasteiger partial charge in [0.25, 0.3) is 0 Å². The van der Waals surface area contributed by atoms with Gasteiger partial charge < -0.3 is 10.4 Å². The molecule has 0 aliphatic carbocycles. The third kappa shape index (κ3) is 3.51. The van der Waals surface area contributed by atoms with E-state index in [0.29, 0.717) is 32.4 Å². The zero-order chi connectivity index (χ0) is 15.4. The average Bonchev–Trinajstić information content (AvgIpc) is 2.79. The number of rotatable bonds is 6. The SMILES string of the molecule is C#CC(CC)(CC)NC(=O)CN1CCC(C)(C(=O)O)C1. The van der Waals surface area contributed by atoms with Crippen LogP contribution in [0.25, 0.3) is 0 Å². The first-order chi connectivity index (χ1) is 9.30. The molecule has 1 saturated heterocycles. The monoisotopic (exact) mass is 280 g/mol. The predicted molar refractivity (Wildman–Crippen MR) is 77.1 cm³/mol. The average molecular weight is 280 g/mol. The number of amides is 1. The molecule has 1 rings (SSSR count). The van der Waals surface area contributed by atoms with Crippen LogP contribution in [0.1, 0.15) is 40.0 Å². The fourth-order valence-corrected chi connectivity index (χ4v) is 2.54. The summed E-state index contributed by atoms with van der Waals surface area (Å²) in [6.07, 6.45) is 7.44. The molecule has 0 spiro atoms. The minimum Gasteiger partial charge on any atom is -0.481 e. The molecule has 0 saturated carbocycles. The van der Waals surface area contributed by atoms with Crippen molar-refractivity contribution in [2.45, 2.75) is 45.6 Å². The maximum Gasteiger partial charge on any atom is 0.310 e. The van der Waals surface area contributed by atoms with Crippen molar-refractivity contribution in [3.05, 3.63) is 0 Å². The van der Waals surface area contributed by atoms with Gasteiger partial charge in [-0.25, -0.2) is 0 Å². The predicted octanol–water partition coefficient (Wildman–Crippen LogP) is 1.09. The van der Waals surface area contributed by atoms with Crippen LogP contribution in [-0.2, 0) is 9.59 Å². The lowest BCUT2D eigenvalue weighted by molar-refractivity contribution is -0.147. The quantitative estimate of drug-likeness (QED) is 0.715. The van der Waals surface area contributed by atoms with E-state index in [0.717, 1.165) is 0 Å². The van der Waals surface area contributed by atoms with Gasteiger partial charge in [0.05, 0.1) is 12.0 Å². The van der Waals surface area contributed by atoms with Crippen molar-refractivity contribution in [3.63, 3.8) is 0 Å². The topological polar surface area (TPSA) is 69.6 Å². The van der Waals surface area contributed by atoms with Crippen molar-refractivity contribution in [2.75, 3.05) is 19.6 Å². The number of carbonyl (C=O) groups excluding carboxylic acids is 1. The molecule has 0 aromatic rings. The lowest BCUT2D eigenvalue weighted by Crippen LogP contribution is -2.50. The minimum absolute atomic E-state index is 0.138. The van der Waals surface area contributed by atoms with Crippen LogP contribution < -0.4 is 5.32 Å². The summed E-state index contributed by atoms with van der Waals surface area (Å²) >= 11 is 0. The Hall–Kier alpha value is -1.54. The molecule has 2 N–H and O–H groups in total. The summed E-state index contributed by atoms with van der Waals surface area (Å²) in [5.41, 5.74) is -1.34. The number of terminal acetylenes is 1. The molecule has 0 radical (unpaired) electrons. The maximum atomic E-state index is 12.1. The number of likely N-dealkylation sites (tertiary alicyclic amines) is 1. The number of nitrogens with zero attached hydrogens (tertiary/aromatic N) is 1. The van der Waals surface area contributed by atoms with E-state index in [4.69, 9.17) is 6.42 Å². The van der Waals surface area contributed by atoms with Crippen LogP contribution in [0.5, 0.6) is 0 Å². The van der Waals surface area contributed by atoms with Gasteiger partial charge in [0.2, 0.25) is 5.91 Å². The fraction of sp³-hybridized carbons (Fsp3) is 0.733. The van der Waals surface area contributed by atoms with Crippen molar-refractivity contribution < 1.29 is 14.7 Å². The summed E-state index contributed by atoms with van der Waals surface area (Å²) in [6, 6.07) is 0. The van der Waals surface area contributed by atoms with Crippen LogP contribution in [0.2, 0.25) is 0 Å². The molecule has 1 fully saturated rings. The smallest absolute Gasteiger partial charge is 0.310 e. The highest BCUT2D eigenvalue weighted by atomic mass is 16.4. The van der Waals surface area contributed by atoms with E-state index in [2.05, 4.69) is 11.2 Å². The van der Waals surface area contributed by atoms with Crippen molar-refractivity contribution in [2.24, 2.45) is 5.41 Å². The van der Waals surface area contributed by atoms with Gasteiger partial charge >= 0.3 is 5.97 Å². The van der Waals surface area contributed by atoms with Gasteiger partial charge in [-0.2, -0.15) is 0 Å². The summed E-state index contributed by atoms with van der Waals surface area (Å²) in [6.45, 7) is 6.83. The van der Waals surface area contributed by atoms with Crippen molar-refractivity contribution >= 4 is 11.9 Å². The largest absolute Gasteiger partial charge is 0.481 e. The normalized spacial score (nSPS) is 23.3. The second-order valence-corrected chi connectivity index (χ2v) is 5.81. The van der Waals surface area contributed by atoms with Gasteiger partial charge in [0.1, 0.15) is 5.54 Å². The van der Waals surface area contributed by atoms with Gasteiger partial charge in [-0.15, -0.1) is 6.42 Å². The second kappa shape index (κ2) is 6.27. The molecule has 1 aliphatic rings. The summed E-state index contributed by atoms with van der Waals surface area (Å²) in [4.78, 5) is 25.1. The third-order valence-corrected chi connectivity index (χ3v) is 4.30. The summed E-state index contributed by atoms with van der Waals surface area (Å²) < 4.78 is 0. The highest BCUT2D eigenvalue weighted by Gasteiger charge is 2.41. The molecule has 1 heterocycles. The van der Waals surface area contributed by atoms with Gasteiger partial charge in [0, 0.05) is 6.54 Å². The molecule has 0 aromatic carbocycles. The zero-order valence-corrected chi connectivity index (χ0v) is 12.5. The Labute approximate surface area is 120 Å². The van der Waals surface area contributed by atoms with Crippen LogP contribution in [0, 0.1) is 17.8 Å². The molecule has 1 amide bonds. The molecule has 112 valence electrons. The van der Waals surface area contributed by atoms with Gasteiger partial charge in [0.15, 0.2) is 0 Å². The van der Waals surface area contributed by atoms with Crippen molar-refractivity contribution in [3.8, 4) is 12.3 Å². The molecule has 0 bridgehead atoms. The van der Waals surface area contributed by atoms with Gasteiger partial charge in [-0.05, 0) is 32.7 Å². The number of carboxylic acid groups (broad SMARTS) is 1. The first-order valence-corrected chi connectivity index (χ1v) is 7.05. The first kappa shape index (κ1) is 16.5. The number of aliphatic carboxylic acids is 1. The molecular formula is C15H24N2O3. The van der Waals surface area contributed by atoms with E-state index in [1.807, 2.05) is 18.7 Å². The minimum atomic E-state index is -0.805. The number of carbonyl (C=O) groups is 2. The van der Waals surface area contributed by atoms with E-state index in [-0.39, 0.29) is 12.5 Å². The number of carboxylic acids is 1. The molecule has 1 aliphatic heterocycles. The van der Waals surface area contributed by atoms with Crippen LogP contribution in [0.4, 0.5) is 0 Å². The van der Waals surface area contributed by atoms with Crippen LogP contribution in [-0.4, -0.2) is 47.1 Å². The van der Waals surface area contributed by atoms with Gasteiger partial charge in [-0.1, -0.05) is 19.8 Å². The Morgan fingerprint density at radius 3 is 2.45 bits per heavy atom. The third-order valence-electron chi connectivity index (χ3n) is 4.30. The Bertz CT molecular complexity index is 423. The molecular weight excluding hydrogens is 256 g/mol. The Kier molecular flexibility index (Phi) is 5.18. The van der Waals surface area contributed by atoms with E-state index >= 15 is 0 Å². The van der Waals surface area contributed by atoms with Crippen LogP contribution >= 0.6 is 0 Å². The lowest BCUT2D eigenvalue weighted by atomic mass is 9.90. The zero-order valence-electron chi connectivity index (χ0n) is 12.5. The van der Waals surface area contributed by atoms with E-state index in [1.165, 1.54) is 0 Å². The highest BCUT2D eigenvalue weighted by molar-refractivity contribution is 5.80. The van der Waals surface area contributed by atoms with Gasteiger partial charge in [-0.3, -0.25) is 14.5 Å². The maximum absolute atomic E-state index is 12.1. The molecule has 1 unspecified atom stereocenters. The van der Waals surface area contributed by atoms with Crippen molar-refractivity contribution in [1.29, 1.82) is 0 Å². The molecule has 5 nitrogen and oxygen atoms in total. The first-order valence-electron chi connectivity index (χ1n) is 7.05. The number of hydrogen-bond donors (Lipinski definition) is 2. The molecule has 5 heteroatoms. The lowest BCUT2D eigenvalue weighted by Gasteiger charge is -2.28. The van der Waals surface area contributed by atoms with E-state index in [1.54, 1.807) is 6.92 Å². The summed E-state index contributed by atoms with van der Waals surface area (Å²) in [5, 5.41) is 12.1. The number of nitrogens with one attached hydrogen (secondary N) is 1. The second-order valence-electron chi connectivity index (χ2n) is 5.81. The molecule has 0 aromatic heterocycles. The van der Waals surface area contributed by atoms with Crippen LogP contribution in [0.3, 0.4) is 0 Å². The summed E-state index contributed by atoms with van der Waals surface area (Å²) in [5.74, 6) is 1.72. The Balaban J connectivity index is 2.57.